The van der Waals surface area contributed by atoms with E-state index in [1.165, 1.54) is 4.57 Å². The number of imidazole rings is 1. The normalized spacial score (nSPS) is 11.9. The Bertz CT molecular complexity index is 515. The molecule has 0 aliphatic rings. The molecule has 0 saturated heterocycles. The van der Waals surface area contributed by atoms with Gasteiger partial charge in [0.05, 0.1) is 11.0 Å². The third-order valence-electron chi connectivity index (χ3n) is 2.80. The molecule has 0 atom stereocenters. The van der Waals surface area contributed by atoms with Gasteiger partial charge in [0.25, 0.3) is 6.43 Å². The Morgan fingerprint density at radius 2 is 1.94 bits per heavy atom. The van der Waals surface area contributed by atoms with E-state index >= 15 is 0 Å². The van der Waals surface area contributed by atoms with E-state index in [1.54, 1.807) is 7.05 Å². The van der Waals surface area contributed by atoms with Crippen LogP contribution >= 0.6 is 0 Å². The number of rotatable bonds is 2. The molecular formula is C12H14F2N2. The minimum atomic E-state index is -2.53. The van der Waals surface area contributed by atoms with Crippen LogP contribution in [-0.2, 0) is 7.05 Å². The number of hydrogen-bond donors (Lipinski definition) is 0. The van der Waals surface area contributed by atoms with E-state index in [4.69, 9.17) is 0 Å². The van der Waals surface area contributed by atoms with Crippen molar-refractivity contribution < 1.29 is 8.78 Å². The van der Waals surface area contributed by atoms with Crippen molar-refractivity contribution in [1.82, 2.24) is 9.55 Å². The van der Waals surface area contributed by atoms with Crippen LogP contribution in [0, 0.1) is 0 Å². The highest BCUT2D eigenvalue weighted by atomic mass is 19.3. The summed E-state index contributed by atoms with van der Waals surface area (Å²) >= 11 is 0. The molecule has 2 nitrogen and oxygen atoms in total. The molecule has 0 aliphatic carbocycles. The largest absolute Gasteiger partial charge is 0.326 e. The highest BCUT2D eigenvalue weighted by molar-refractivity contribution is 5.77. The molecule has 0 radical (unpaired) electrons. The highest BCUT2D eigenvalue weighted by Gasteiger charge is 2.16. The van der Waals surface area contributed by atoms with Crippen LogP contribution in [0.4, 0.5) is 8.78 Å². The summed E-state index contributed by atoms with van der Waals surface area (Å²) < 4.78 is 26.7. The van der Waals surface area contributed by atoms with E-state index in [2.05, 4.69) is 18.8 Å². The average molecular weight is 224 g/mol. The van der Waals surface area contributed by atoms with Crippen molar-refractivity contribution in [3.05, 3.63) is 29.6 Å². The third kappa shape index (κ3) is 1.68. The molecule has 0 bridgehead atoms. The first-order valence-electron chi connectivity index (χ1n) is 5.25. The summed E-state index contributed by atoms with van der Waals surface area (Å²) in [4.78, 5) is 3.97. The van der Waals surface area contributed by atoms with Gasteiger partial charge in [0.2, 0.25) is 0 Å². The molecule has 0 amide bonds. The van der Waals surface area contributed by atoms with Gasteiger partial charge in [-0.25, -0.2) is 13.8 Å². The summed E-state index contributed by atoms with van der Waals surface area (Å²) in [5, 5.41) is 0. The van der Waals surface area contributed by atoms with Crippen molar-refractivity contribution in [2.75, 3.05) is 0 Å². The number of fused-ring (bicyclic) bond motifs is 1. The molecule has 0 spiro atoms. The second kappa shape index (κ2) is 3.85. The monoisotopic (exact) mass is 224 g/mol. The fraction of sp³-hybridized carbons (Fsp3) is 0.417. The third-order valence-corrected chi connectivity index (χ3v) is 2.80. The van der Waals surface area contributed by atoms with Crippen molar-refractivity contribution in [2.45, 2.75) is 26.2 Å². The SMILES string of the molecule is CC(C)c1ccc2c(c1)nc(C(F)F)n2C. The van der Waals surface area contributed by atoms with Gasteiger partial charge >= 0.3 is 0 Å². The predicted octanol–water partition coefficient (Wildman–Crippen LogP) is 3.63. The number of aromatic nitrogens is 2. The topological polar surface area (TPSA) is 17.8 Å². The van der Waals surface area contributed by atoms with Crippen molar-refractivity contribution in [3.63, 3.8) is 0 Å². The summed E-state index contributed by atoms with van der Waals surface area (Å²) in [6, 6.07) is 5.69. The molecular weight excluding hydrogens is 210 g/mol. The molecule has 1 aromatic heterocycles. The highest BCUT2D eigenvalue weighted by Crippen LogP contribution is 2.25. The molecule has 0 unspecified atom stereocenters. The van der Waals surface area contributed by atoms with E-state index in [0.29, 0.717) is 11.4 Å². The predicted molar refractivity (Wildman–Crippen MR) is 59.8 cm³/mol. The van der Waals surface area contributed by atoms with Crippen LogP contribution in [0.1, 0.15) is 37.6 Å². The summed E-state index contributed by atoms with van der Waals surface area (Å²) in [5.74, 6) is 0.206. The van der Waals surface area contributed by atoms with E-state index < -0.39 is 6.43 Å². The van der Waals surface area contributed by atoms with Crippen molar-refractivity contribution in [2.24, 2.45) is 7.05 Å². The van der Waals surface area contributed by atoms with Gasteiger partial charge in [-0.1, -0.05) is 19.9 Å². The summed E-state index contributed by atoms with van der Waals surface area (Å²) in [7, 11) is 1.62. The smallest absolute Gasteiger partial charge is 0.295 e. The quantitative estimate of drug-likeness (QED) is 0.761. The molecule has 4 heteroatoms. The number of benzene rings is 1. The molecule has 0 aliphatic heterocycles. The van der Waals surface area contributed by atoms with E-state index in [1.807, 2.05) is 18.2 Å². The number of aryl methyl sites for hydroxylation is 1. The van der Waals surface area contributed by atoms with Gasteiger partial charge in [0.1, 0.15) is 0 Å². The fourth-order valence-electron chi connectivity index (χ4n) is 1.79. The van der Waals surface area contributed by atoms with E-state index in [-0.39, 0.29) is 5.82 Å². The van der Waals surface area contributed by atoms with Crippen LogP contribution in [0.3, 0.4) is 0 Å². The average Bonchev–Trinajstić information content (AvgIpc) is 2.55. The molecule has 16 heavy (non-hydrogen) atoms. The summed E-state index contributed by atoms with van der Waals surface area (Å²) in [6.07, 6.45) is -2.53. The first-order chi connectivity index (χ1) is 7.50. The van der Waals surface area contributed by atoms with E-state index in [0.717, 1.165) is 11.1 Å². The molecule has 2 rings (SSSR count). The van der Waals surface area contributed by atoms with Gasteiger partial charge in [0.15, 0.2) is 5.82 Å². The maximum atomic E-state index is 12.6. The van der Waals surface area contributed by atoms with Crippen LogP contribution in [-0.4, -0.2) is 9.55 Å². The van der Waals surface area contributed by atoms with Gasteiger partial charge in [-0.15, -0.1) is 0 Å². The zero-order valence-electron chi connectivity index (χ0n) is 9.54. The Balaban J connectivity index is 2.63. The first kappa shape index (κ1) is 11.0. The van der Waals surface area contributed by atoms with Crippen LogP contribution in [0.2, 0.25) is 0 Å². The van der Waals surface area contributed by atoms with Crippen molar-refractivity contribution in [3.8, 4) is 0 Å². The first-order valence-corrected chi connectivity index (χ1v) is 5.25. The molecule has 0 N–H and O–H groups in total. The summed E-state index contributed by atoms with van der Waals surface area (Å²) in [6.45, 7) is 4.14. The van der Waals surface area contributed by atoms with Crippen LogP contribution in [0.25, 0.3) is 11.0 Å². The number of halogens is 2. The van der Waals surface area contributed by atoms with Crippen molar-refractivity contribution >= 4 is 11.0 Å². The Hall–Kier alpha value is -1.45. The molecule has 2 aromatic rings. The maximum absolute atomic E-state index is 12.6. The fourth-order valence-corrected chi connectivity index (χ4v) is 1.79. The Kier molecular flexibility index (Phi) is 2.66. The maximum Gasteiger partial charge on any atom is 0.295 e. The number of alkyl halides is 2. The second-order valence-corrected chi connectivity index (χ2v) is 4.23. The Morgan fingerprint density at radius 1 is 1.25 bits per heavy atom. The second-order valence-electron chi connectivity index (χ2n) is 4.23. The van der Waals surface area contributed by atoms with E-state index in [9.17, 15) is 8.78 Å². The van der Waals surface area contributed by atoms with Gasteiger partial charge in [-0.05, 0) is 23.6 Å². The van der Waals surface area contributed by atoms with Gasteiger partial charge in [-0.3, -0.25) is 0 Å². The summed E-state index contributed by atoms with van der Waals surface area (Å²) in [5.41, 5.74) is 2.51. The lowest BCUT2D eigenvalue weighted by molar-refractivity contribution is 0.137. The molecule has 86 valence electrons. The minimum absolute atomic E-state index is 0.170. The van der Waals surface area contributed by atoms with Gasteiger partial charge in [0, 0.05) is 7.05 Å². The molecule has 1 heterocycles. The number of nitrogens with zero attached hydrogens (tertiary/aromatic N) is 2. The Morgan fingerprint density at radius 3 is 2.50 bits per heavy atom. The molecule has 0 fully saturated rings. The lowest BCUT2D eigenvalue weighted by Gasteiger charge is -2.04. The van der Waals surface area contributed by atoms with Crippen LogP contribution < -0.4 is 0 Å². The van der Waals surface area contributed by atoms with Crippen LogP contribution in [0.5, 0.6) is 0 Å². The Labute approximate surface area is 92.9 Å². The zero-order chi connectivity index (χ0) is 11.9. The minimum Gasteiger partial charge on any atom is -0.326 e. The lowest BCUT2D eigenvalue weighted by atomic mass is 10.0. The van der Waals surface area contributed by atoms with Crippen molar-refractivity contribution in [1.29, 1.82) is 0 Å². The molecule has 1 aromatic carbocycles. The van der Waals surface area contributed by atoms with Gasteiger partial charge in [-0.2, -0.15) is 0 Å². The standard InChI is InChI=1S/C12H14F2N2/c1-7(2)8-4-5-10-9(6-8)15-12(11(13)14)16(10)3/h4-7,11H,1-3H3. The number of hydrogen-bond acceptors (Lipinski definition) is 1. The van der Waals surface area contributed by atoms with Crippen LogP contribution in [0.15, 0.2) is 18.2 Å². The zero-order valence-corrected chi connectivity index (χ0v) is 9.54. The van der Waals surface area contributed by atoms with Gasteiger partial charge < -0.3 is 4.57 Å². The molecule has 0 saturated carbocycles. The lowest BCUT2D eigenvalue weighted by Crippen LogP contribution is -1.97.